The van der Waals surface area contributed by atoms with Crippen LogP contribution in [0, 0.1) is 38.5 Å². The van der Waals surface area contributed by atoms with Crippen molar-refractivity contribution in [3.63, 3.8) is 0 Å². The number of hydrogen-bond acceptors (Lipinski definition) is 4. The second-order valence-corrected chi connectivity index (χ2v) is 10.3. The van der Waals surface area contributed by atoms with E-state index >= 15 is 0 Å². The molecular weight excluding hydrogens is 442 g/mol. The van der Waals surface area contributed by atoms with Crippen LogP contribution in [-0.2, 0) is 16.6 Å². The van der Waals surface area contributed by atoms with Gasteiger partial charge in [0.1, 0.15) is 5.69 Å². The largest absolute Gasteiger partial charge is 0.457 e. The summed E-state index contributed by atoms with van der Waals surface area (Å²) in [5.74, 6) is 1.31. The molecule has 3 aromatic rings. The summed E-state index contributed by atoms with van der Waals surface area (Å²) < 4.78 is 10.7. The molecule has 0 amide bonds. The number of benzene rings is 1. The first-order valence-corrected chi connectivity index (χ1v) is 12.5. The summed E-state index contributed by atoms with van der Waals surface area (Å²) in [4.78, 5) is 38.9. The van der Waals surface area contributed by atoms with Gasteiger partial charge < -0.3 is 9.30 Å². The Morgan fingerprint density at radius 1 is 1.03 bits per heavy atom. The molecule has 2 heterocycles. The number of nitrogens with zero attached hydrogens (tertiary/aromatic N) is 3. The zero-order chi connectivity index (χ0) is 24.9. The van der Waals surface area contributed by atoms with Crippen LogP contribution in [-0.4, -0.2) is 32.3 Å². The fourth-order valence-electron chi connectivity index (χ4n) is 6.32. The Hall–Kier alpha value is -3.35. The number of aryl methyl sites for hydroxylation is 1. The van der Waals surface area contributed by atoms with Crippen molar-refractivity contribution in [2.24, 2.45) is 24.8 Å². The Labute approximate surface area is 205 Å². The van der Waals surface area contributed by atoms with Crippen LogP contribution < -0.4 is 5.56 Å². The quantitative estimate of drug-likeness (QED) is 0.374. The minimum Gasteiger partial charge on any atom is -0.457 e. The number of rotatable bonds is 7. The van der Waals surface area contributed by atoms with Crippen molar-refractivity contribution < 1.29 is 14.3 Å². The van der Waals surface area contributed by atoms with E-state index in [0.29, 0.717) is 35.2 Å². The maximum absolute atomic E-state index is 13.5. The van der Waals surface area contributed by atoms with E-state index < -0.39 is 0 Å². The summed E-state index contributed by atoms with van der Waals surface area (Å²) in [5.41, 5.74) is 3.84. The standard InChI is InChI=1S/C28H33N3O4/c1-17-12-24(25(32)16-35-26(33)15-22-14-20-10-11-21(22)13-20)18(2)30(17)27-19(3)29(4)31(28(27)34)23-8-6-5-7-9-23/h5-9,12,20-22H,10-11,13-16H2,1-4H3. The normalized spacial score (nSPS) is 21.0. The zero-order valence-electron chi connectivity index (χ0n) is 20.9. The van der Waals surface area contributed by atoms with E-state index in [0.717, 1.165) is 29.4 Å². The SMILES string of the molecule is Cc1cc(C(=O)COC(=O)CC2CC3CCC2C3)c(C)n1-c1c(C)n(C)n(-c2ccccc2)c1=O. The minimum atomic E-state index is -0.283. The highest BCUT2D eigenvalue weighted by Crippen LogP contribution is 2.49. The zero-order valence-corrected chi connectivity index (χ0v) is 20.9. The third-order valence-electron chi connectivity index (χ3n) is 8.16. The van der Waals surface area contributed by atoms with E-state index in [-0.39, 0.29) is 23.9 Å². The molecule has 2 saturated carbocycles. The predicted octanol–water partition coefficient (Wildman–Crippen LogP) is 4.44. The molecule has 0 spiro atoms. The molecule has 2 bridgehead atoms. The molecule has 0 N–H and O–H groups in total. The first-order chi connectivity index (χ1) is 16.8. The van der Waals surface area contributed by atoms with Gasteiger partial charge >= 0.3 is 5.97 Å². The van der Waals surface area contributed by atoms with Gasteiger partial charge in [-0.1, -0.05) is 24.6 Å². The van der Waals surface area contributed by atoms with Crippen molar-refractivity contribution >= 4 is 11.8 Å². The molecule has 2 aliphatic carbocycles. The lowest BCUT2D eigenvalue weighted by atomic mass is 9.86. The molecule has 2 fully saturated rings. The van der Waals surface area contributed by atoms with Gasteiger partial charge in [0.2, 0.25) is 5.78 Å². The molecule has 5 rings (SSSR count). The van der Waals surface area contributed by atoms with Crippen LogP contribution in [0.5, 0.6) is 0 Å². The summed E-state index contributed by atoms with van der Waals surface area (Å²) in [7, 11) is 1.85. The van der Waals surface area contributed by atoms with E-state index in [2.05, 4.69) is 0 Å². The third kappa shape index (κ3) is 4.07. The molecule has 35 heavy (non-hydrogen) atoms. The van der Waals surface area contributed by atoms with Crippen LogP contribution in [0.25, 0.3) is 11.4 Å². The van der Waals surface area contributed by atoms with Crippen LogP contribution in [0.2, 0.25) is 0 Å². The predicted molar refractivity (Wildman–Crippen MR) is 133 cm³/mol. The van der Waals surface area contributed by atoms with Crippen molar-refractivity contribution in [2.45, 2.75) is 52.9 Å². The molecule has 2 aliphatic rings. The molecule has 3 atom stereocenters. The van der Waals surface area contributed by atoms with Crippen LogP contribution >= 0.6 is 0 Å². The number of Topliss-reactive ketones (excluding diaryl/α,β-unsaturated/α-hetero) is 1. The minimum absolute atomic E-state index is 0.158. The summed E-state index contributed by atoms with van der Waals surface area (Å²) in [6, 6.07) is 11.3. The van der Waals surface area contributed by atoms with Gasteiger partial charge in [0.05, 0.1) is 11.4 Å². The van der Waals surface area contributed by atoms with E-state index in [1.54, 1.807) is 10.7 Å². The number of ketones is 1. The van der Waals surface area contributed by atoms with Gasteiger partial charge in [-0.15, -0.1) is 0 Å². The maximum atomic E-state index is 13.5. The van der Waals surface area contributed by atoms with Crippen molar-refractivity contribution in [3.8, 4) is 11.4 Å². The second-order valence-electron chi connectivity index (χ2n) is 10.3. The number of hydrogen-bond donors (Lipinski definition) is 0. The van der Waals surface area contributed by atoms with Crippen LogP contribution in [0.1, 0.15) is 59.5 Å². The van der Waals surface area contributed by atoms with Crippen LogP contribution in [0.4, 0.5) is 0 Å². The Kier molecular flexibility index (Phi) is 6.03. The van der Waals surface area contributed by atoms with Gasteiger partial charge in [-0.05, 0) is 76.0 Å². The van der Waals surface area contributed by atoms with Crippen molar-refractivity contribution in [1.29, 1.82) is 0 Å². The van der Waals surface area contributed by atoms with Gasteiger partial charge in [0.25, 0.3) is 5.56 Å². The first kappa shape index (κ1) is 23.4. The van der Waals surface area contributed by atoms with Gasteiger partial charge in [0, 0.05) is 30.4 Å². The average Bonchev–Trinajstić information content (AvgIpc) is 3.58. The Bertz CT molecular complexity index is 1340. The number of para-hydroxylation sites is 1. The number of carbonyl (C=O) groups excluding carboxylic acids is 2. The van der Waals surface area contributed by atoms with Gasteiger partial charge in [-0.3, -0.25) is 19.1 Å². The van der Waals surface area contributed by atoms with Crippen LogP contribution in [0.15, 0.2) is 41.2 Å². The van der Waals surface area contributed by atoms with Gasteiger partial charge in [0.15, 0.2) is 6.61 Å². The molecule has 7 nitrogen and oxygen atoms in total. The molecule has 2 aromatic heterocycles. The number of esters is 1. The topological polar surface area (TPSA) is 75.2 Å². The number of fused-ring (bicyclic) bond motifs is 2. The maximum Gasteiger partial charge on any atom is 0.306 e. The van der Waals surface area contributed by atoms with E-state index in [1.807, 2.05) is 67.4 Å². The van der Waals surface area contributed by atoms with Crippen molar-refractivity contribution in [2.75, 3.05) is 6.61 Å². The summed E-state index contributed by atoms with van der Waals surface area (Å²) in [6.45, 7) is 5.33. The highest BCUT2D eigenvalue weighted by molar-refractivity contribution is 5.99. The van der Waals surface area contributed by atoms with Crippen molar-refractivity contribution in [1.82, 2.24) is 13.9 Å². The molecule has 3 unspecified atom stereocenters. The van der Waals surface area contributed by atoms with E-state index in [1.165, 1.54) is 19.3 Å². The summed E-state index contributed by atoms with van der Waals surface area (Å²) in [5, 5.41) is 0. The fourth-order valence-corrected chi connectivity index (χ4v) is 6.32. The number of aromatic nitrogens is 3. The Morgan fingerprint density at radius 3 is 2.43 bits per heavy atom. The molecule has 0 saturated heterocycles. The number of ether oxygens (including phenoxy) is 1. The molecule has 0 radical (unpaired) electrons. The lowest BCUT2D eigenvalue weighted by molar-refractivity contribution is -0.144. The van der Waals surface area contributed by atoms with Crippen molar-refractivity contribution in [3.05, 3.63) is 69.4 Å². The highest BCUT2D eigenvalue weighted by Gasteiger charge is 2.40. The average molecular weight is 476 g/mol. The summed E-state index contributed by atoms with van der Waals surface area (Å²) >= 11 is 0. The first-order valence-electron chi connectivity index (χ1n) is 12.5. The molecular formula is C28H33N3O4. The second kappa shape index (κ2) is 9.02. The Morgan fingerprint density at radius 2 is 1.77 bits per heavy atom. The highest BCUT2D eigenvalue weighted by atomic mass is 16.5. The number of carbonyl (C=O) groups is 2. The Balaban J connectivity index is 1.35. The van der Waals surface area contributed by atoms with Gasteiger partial charge in [-0.2, -0.15) is 0 Å². The third-order valence-corrected chi connectivity index (χ3v) is 8.16. The summed E-state index contributed by atoms with van der Waals surface area (Å²) in [6.07, 6.45) is 5.29. The molecule has 184 valence electrons. The monoisotopic (exact) mass is 475 g/mol. The lowest BCUT2D eigenvalue weighted by Crippen LogP contribution is -2.22. The molecule has 7 heteroatoms. The lowest BCUT2D eigenvalue weighted by Gasteiger charge is -2.20. The molecule has 1 aromatic carbocycles. The van der Waals surface area contributed by atoms with Gasteiger partial charge in [-0.25, -0.2) is 4.68 Å². The van der Waals surface area contributed by atoms with Crippen LogP contribution in [0.3, 0.4) is 0 Å². The van der Waals surface area contributed by atoms with E-state index in [4.69, 9.17) is 4.74 Å². The molecule has 0 aliphatic heterocycles. The van der Waals surface area contributed by atoms with E-state index in [9.17, 15) is 14.4 Å². The fraction of sp³-hybridized carbons (Fsp3) is 0.464. The smallest absolute Gasteiger partial charge is 0.306 e.